The van der Waals surface area contributed by atoms with E-state index < -0.39 is 12.2 Å². The molecule has 0 radical (unpaired) electrons. The van der Waals surface area contributed by atoms with Crippen LogP contribution in [0.15, 0.2) is 45.8 Å². The topological polar surface area (TPSA) is 98.4 Å². The molecule has 1 N–H and O–H groups in total. The minimum Gasteiger partial charge on any atom is -0.490 e. The predicted molar refractivity (Wildman–Crippen MR) is 126 cm³/mol. The predicted octanol–water partition coefficient (Wildman–Crippen LogP) is 4.63. The molecule has 1 saturated heterocycles. The van der Waals surface area contributed by atoms with Gasteiger partial charge in [-0.25, -0.2) is 4.79 Å². The quantitative estimate of drug-likeness (QED) is 0.600. The van der Waals surface area contributed by atoms with Crippen molar-refractivity contribution in [3.63, 3.8) is 0 Å². The summed E-state index contributed by atoms with van der Waals surface area (Å²) in [4.78, 5) is 26.3. The van der Waals surface area contributed by atoms with Gasteiger partial charge < -0.3 is 28.6 Å². The average molecular weight is 466 g/mol. The normalized spacial score (nSPS) is 18.0. The van der Waals surface area contributed by atoms with Gasteiger partial charge in [-0.3, -0.25) is 4.79 Å². The van der Waals surface area contributed by atoms with Crippen molar-refractivity contribution in [3.05, 3.63) is 57.9 Å². The molecule has 3 aromatic rings. The maximum Gasteiger partial charge on any atom is 0.407 e. The number of hydrogen-bond donors (Lipinski definition) is 1. The molecular weight excluding hydrogens is 438 g/mol. The van der Waals surface area contributed by atoms with Gasteiger partial charge in [-0.05, 0) is 47.4 Å². The highest BCUT2D eigenvalue weighted by molar-refractivity contribution is 5.83. The highest BCUT2D eigenvalue weighted by Gasteiger charge is 2.27. The summed E-state index contributed by atoms with van der Waals surface area (Å²) in [5, 5.41) is 9.89. The van der Waals surface area contributed by atoms with Crippen LogP contribution in [-0.2, 0) is 11.2 Å². The van der Waals surface area contributed by atoms with Gasteiger partial charge >= 0.3 is 6.09 Å². The van der Waals surface area contributed by atoms with Crippen LogP contribution in [0, 0.1) is 0 Å². The van der Waals surface area contributed by atoms with Gasteiger partial charge in [0.2, 0.25) is 5.43 Å². The highest BCUT2D eigenvalue weighted by atomic mass is 16.5. The Morgan fingerprint density at radius 1 is 1.12 bits per heavy atom. The maximum atomic E-state index is 13.5. The fourth-order valence-electron chi connectivity index (χ4n) is 4.56. The summed E-state index contributed by atoms with van der Waals surface area (Å²) in [6, 6.07) is 9.17. The zero-order chi connectivity index (χ0) is 23.7. The second-order valence-corrected chi connectivity index (χ2v) is 8.58. The summed E-state index contributed by atoms with van der Waals surface area (Å²) < 4.78 is 23.3. The van der Waals surface area contributed by atoms with Crippen LogP contribution in [0.25, 0.3) is 22.1 Å². The van der Waals surface area contributed by atoms with Crippen LogP contribution in [0.1, 0.15) is 37.0 Å². The first-order chi connectivity index (χ1) is 16.5. The van der Waals surface area contributed by atoms with E-state index in [0.717, 1.165) is 30.4 Å². The summed E-state index contributed by atoms with van der Waals surface area (Å²) in [5.74, 6) is 1.29. The molecule has 34 heavy (non-hydrogen) atoms. The van der Waals surface area contributed by atoms with Crippen molar-refractivity contribution in [3.8, 4) is 22.6 Å². The molecule has 0 spiro atoms. The number of carboxylic acid groups (broad SMARTS) is 1. The van der Waals surface area contributed by atoms with E-state index in [0.29, 0.717) is 60.0 Å². The highest BCUT2D eigenvalue weighted by Crippen LogP contribution is 2.35. The third kappa shape index (κ3) is 4.21. The van der Waals surface area contributed by atoms with Gasteiger partial charge in [0.1, 0.15) is 18.0 Å². The van der Waals surface area contributed by atoms with E-state index in [1.54, 1.807) is 0 Å². The molecule has 0 saturated carbocycles. The number of benzene rings is 2. The fraction of sp³-hybridized carbons (Fsp3) is 0.385. The Labute approximate surface area is 196 Å². The van der Waals surface area contributed by atoms with Crippen molar-refractivity contribution in [1.29, 1.82) is 0 Å². The van der Waals surface area contributed by atoms with Crippen LogP contribution in [-0.4, -0.2) is 49.0 Å². The van der Waals surface area contributed by atoms with E-state index in [-0.39, 0.29) is 12.0 Å². The van der Waals surface area contributed by atoms with Gasteiger partial charge in [-0.1, -0.05) is 19.4 Å². The summed E-state index contributed by atoms with van der Waals surface area (Å²) in [5.41, 5.74) is 3.31. The Bertz CT molecular complexity index is 1280. The molecule has 1 atom stereocenters. The van der Waals surface area contributed by atoms with Gasteiger partial charge in [-0.2, -0.15) is 0 Å². The number of rotatable bonds is 4. The van der Waals surface area contributed by atoms with Crippen molar-refractivity contribution in [1.82, 2.24) is 4.90 Å². The molecule has 1 fully saturated rings. The number of ether oxygens (including phenoxy) is 3. The lowest BCUT2D eigenvalue weighted by Crippen LogP contribution is -2.41. The molecule has 0 bridgehead atoms. The van der Waals surface area contributed by atoms with Crippen LogP contribution < -0.4 is 14.9 Å². The third-order valence-electron chi connectivity index (χ3n) is 6.30. The molecule has 8 heteroatoms. The molecule has 0 aliphatic carbocycles. The van der Waals surface area contributed by atoms with Crippen LogP contribution >= 0.6 is 0 Å². The molecule has 1 amide bonds. The fourth-order valence-corrected chi connectivity index (χ4v) is 4.56. The standard InChI is InChI=1S/C26H27NO7/c1-2-4-16-11-19-22(13-18(16)24-14-27(26(29)30)7-10-33-24)34-15-20(25(19)28)17-5-6-21-23(12-17)32-9-3-8-31-21/h5-6,11-13,15,24H,2-4,7-10,14H2,1H3,(H,29,30). The first-order valence-electron chi connectivity index (χ1n) is 11.6. The van der Waals surface area contributed by atoms with Crippen LogP contribution in [0.3, 0.4) is 0 Å². The molecule has 5 rings (SSSR count). The zero-order valence-corrected chi connectivity index (χ0v) is 19.0. The second kappa shape index (κ2) is 9.38. The molecule has 1 unspecified atom stereocenters. The first kappa shape index (κ1) is 22.3. The van der Waals surface area contributed by atoms with Crippen molar-refractivity contribution >= 4 is 17.1 Å². The van der Waals surface area contributed by atoms with Gasteiger partial charge in [-0.15, -0.1) is 0 Å². The Morgan fingerprint density at radius 2 is 1.94 bits per heavy atom. The Hall–Kier alpha value is -3.52. The molecule has 8 nitrogen and oxygen atoms in total. The molecule has 3 heterocycles. The average Bonchev–Trinajstić information content (AvgIpc) is 3.09. The number of morpholine rings is 1. The van der Waals surface area contributed by atoms with Gasteiger partial charge in [0, 0.05) is 13.0 Å². The van der Waals surface area contributed by atoms with Crippen molar-refractivity contribution in [2.45, 2.75) is 32.3 Å². The molecular formula is C26H27NO7. The smallest absolute Gasteiger partial charge is 0.407 e. The zero-order valence-electron chi connectivity index (χ0n) is 19.0. The largest absolute Gasteiger partial charge is 0.490 e. The molecule has 178 valence electrons. The number of carbonyl (C=O) groups is 1. The molecule has 2 aromatic carbocycles. The van der Waals surface area contributed by atoms with Crippen molar-refractivity contribution < 1.29 is 28.5 Å². The van der Waals surface area contributed by atoms with E-state index in [1.165, 1.54) is 11.2 Å². The first-order valence-corrected chi connectivity index (χ1v) is 11.6. The molecule has 1 aromatic heterocycles. The van der Waals surface area contributed by atoms with Gasteiger partial charge in [0.05, 0.1) is 37.3 Å². The second-order valence-electron chi connectivity index (χ2n) is 8.58. The third-order valence-corrected chi connectivity index (χ3v) is 6.30. The lowest BCUT2D eigenvalue weighted by Gasteiger charge is -2.32. The number of hydrogen-bond acceptors (Lipinski definition) is 6. The van der Waals surface area contributed by atoms with Crippen LogP contribution in [0.5, 0.6) is 11.5 Å². The summed E-state index contributed by atoms with van der Waals surface area (Å²) >= 11 is 0. The van der Waals surface area contributed by atoms with E-state index in [9.17, 15) is 14.7 Å². The SMILES string of the molecule is CCCc1cc2c(=O)c(-c3ccc4c(c3)OCCCO4)coc2cc1C1CN(C(=O)O)CCO1. The minimum atomic E-state index is -0.961. The molecule has 2 aliphatic rings. The number of aryl methyl sites for hydroxylation is 1. The lowest BCUT2D eigenvalue weighted by atomic mass is 9.95. The maximum absolute atomic E-state index is 13.5. The van der Waals surface area contributed by atoms with E-state index >= 15 is 0 Å². The van der Waals surface area contributed by atoms with E-state index in [4.69, 9.17) is 18.6 Å². The van der Waals surface area contributed by atoms with E-state index in [1.807, 2.05) is 30.3 Å². The molecule has 2 aliphatic heterocycles. The lowest BCUT2D eigenvalue weighted by molar-refractivity contribution is -0.0235. The van der Waals surface area contributed by atoms with Gasteiger partial charge in [0.15, 0.2) is 11.5 Å². The Morgan fingerprint density at radius 3 is 2.74 bits per heavy atom. The van der Waals surface area contributed by atoms with Crippen LogP contribution in [0.4, 0.5) is 4.79 Å². The Balaban J connectivity index is 1.56. The van der Waals surface area contributed by atoms with E-state index in [2.05, 4.69) is 6.92 Å². The number of amides is 1. The van der Waals surface area contributed by atoms with Crippen molar-refractivity contribution in [2.75, 3.05) is 32.9 Å². The number of fused-ring (bicyclic) bond motifs is 2. The summed E-state index contributed by atoms with van der Waals surface area (Å²) in [6.07, 6.45) is 2.53. The van der Waals surface area contributed by atoms with Crippen LogP contribution in [0.2, 0.25) is 0 Å². The monoisotopic (exact) mass is 465 g/mol. The van der Waals surface area contributed by atoms with Gasteiger partial charge in [0.25, 0.3) is 0 Å². The Kier molecular flexibility index (Phi) is 6.15. The minimum absolute atomic E-state index is 0.128. The van der Waals surface area contributed by atoms with Crippen molar-refractivity contribution in [2.24, 2.45) is 0 Å². The summed E-state index contributed by atoms with van der Waals surface area (Å²) in [7, 11) is 0. The number of nitrogens with zero attached hydrogens (tertiary/aromatic N) is 1. The summed E-state index contributed by atoms with van der Waals surface area (Å²) in [6.45, 7) is 4.15.